The molecule has 0 aliphatic heterocycles. The van der Waals surface area contributed by atoms with Crippen molar-refractivity contribution >= 4 is 11.9 Å². The molecule has 2 rings (SSSR count). The molecule has 1 nitrogen and oxygen atoms in total. The van der Waals surface area contributed by atoms with Crippen molar-refractivity contribution < 1.29 is 4.79 Å². The van der Waals surface area contributed by atoms with Crippen LogP contribution in [0.4, 0.5) is 0 Å². The first-order valence-corrected chi connectivity index (χ1v) is 4.02. The lowest BCUT2D eigenvalue weighted by Gasteiger charge is -2.03. The maximum Gasteiger partial charge on any atom is 0.186 e. The van der Waals surface area contributed by atoms with E-state index in [2.05, 4.69) is 0 Å². The monoisotopic (exact) mass is 158 g/mol. The summed E-state index contributed by atoms with van der Waals surface area (Å²) in [6, 6.07) is 4.09. The van der Waals surface area contributed by atoms with Gasteiger partial charge in [0.1, 0.15) is 0 Å². The summed E-state index contributed by atoms with van der Waals surface area (Å²) in [5.41, 5.74) is 4.24. The van der Waals surface area contributed by atoms with E-state index in [1.165, 1.54) is 5.56 Å². The number of rotatable bonds is 0. The number of allylic oxidation sites excluding steroid dienone is 1. The Bertz CT molecular complexity index is 386. The maximum absolute atomic E-state index is 11.3. The number of aryl methyl sites for hydroxylation is 2. The third-order valence-corrected chi connectivity index (χ3v) is 2.17. The molecular formula is C11H10O. The number of benzene rings is 1. The lowest BCUT2D eigenvalue weighted by atomic mass is 10.0. The first-order valence-electron chi connectivity index (χ1n) is 4.02. The average molecular weight is 158 g/mol. The Morgan fingerprint density at radius 1 is 1.08 bits per heavy atom. The number of ketones is 1. The van der Waals surface area contributed by atoms with Crippen molar-refractivity contribution in [3.63, 3.8) is 0 Å². The molecule has 60 valence electrons. The lowest BCUT2D eigenvalue weighted by Crippen LogP contribution is -1.96. The van der Waals surface area contributed by atoms with Crippen LogP contribution in [-0.2, 0) is 0 Å². The molecular weight excluding hydrogens is 148 g/mol. The fraction of sp³-hybridized carbons (Fsp3) is 0.182. The zero-order chi connectivity index (χ0) is 8.72. The van der Waals surface area contributed by atoms with Gasteiger partial charge < -0.3 is 0 Å². The minimum absolute atomic E-state index is 0.141. The zero-order valence-corrected chi connectivity index (χ0v) is 7.22. The molecule has 0 saturated heterocycles. The first-order chi connectivity index (χ1) is 5.68. The van der Waals surface area contributed by atoms with Crippen LogP contribution in [0.5, 0.6) is 0 Å². The highest BCUT2D eigenvalue weighted by Crippen LogP contribution is 2.24. The van der Waals surface area contributed by atoms with Crippen LogP contribution < -0.4 is 0 Å². The lowest BCUT2D eigenvalue weighted by molar-refractivity contribution is 0.104. The first kappa shape index (κ1) is 7.29. The Hall–Kier alpha value is -1.37. The summed E-state index contributed by atoms with van der Waals surface area (Å²) in [5.74, 6) is 0.141. The van der Waals surface area contributed by atoms with Gasteiger partial charge in [-0.25, -0.2) is 0 Å². The van der Waals surface area contributed by atoms with Crippen LogP contribution in [0.15, 0.2) is 18.2 Å². The Labute approximate surface area is 71.7 Å². The van der Waals surface area contributed by atoms with Gasteiger partial charge in [-0.05, 0) is 31.1 Å². The molecule has 0 N–H and O–H groups in total. The maximum atomic E-state index is 11.3. The second-order valence-corrected chi connectivity index (χ2v) is 3.24. The molecule has 1 aromatic carbocycles. The molecule has 0 spiro atoms. The molecule has 0 amide bonds. The van der Waals surface area contributed by atoms with E-state index in [1.54, 1.807) is 6.08 Å². The summed E-state index contributed by atoms with van der Waals surface area (Å²) in [5, 5.41) is 0. The van der Waals surface area contributed by atoms with Crippen LogP contribution in [0.25, 0.3) is 6.08 Å². The van der Waals surface area contributed by atoms with E-state index in [4.69, 9.17) is 0 Å². The predicted molar refractivity (Wildman–Crippen MR) is 49.3 cm³/mol. The molecule has 0 unspecified atom stereocenters. The summed E-state index contributed by atoms with van der Waals surface area (Å²) in [4.78, 5) is 11.3. The summed E-state index contributed by atoms with van der Waals surface area (Å²) in [7, 11) is 0. The van der Waals surface area contributed by atoms with Gasteiger partial charge >= 0.3 is 0 Å². The van der Waals surface area contributed by atoms with Crippen molar-refractivity contribution in [2.75, 3.05) is 0 Å². The van der Waals surface area contributed by atoms with E-state index < -0.39 is 0 Å². The van der Waals surface area contributed by atoms with Crippen molar-refractivity contribution in [1.29, 1.82) is 0 Å². The molecule has 0 aromatic heterocycles. The molecule has 0 radical (unpaired) electrons. The molecule has 1 aliphatic rings. The highest BCUT2D eigenvalue weighted by molar-refractivity contribution is 6.14. The van der Waals surface area contributed by atoms with E-state index in [-0.39, 0.29) is 5.78 Å². The number of hydrogen-bond donors (Lipinski definition) is 0. The van der Waals surface area contributed by atoms with Gasteiger partial charge in [0, 0.05) is 5.56 Å². The Morgan fingerprint density at radius 3 is 2.58 bits per heavy atom. The highest BCUT2D eigenvalue weighted by atomic mass is 16.1. The molecule has 0 bridgehead atoms. The predicted octanol–water partition coefficient (Wildman–Crippen LogP) is 2.51. The Kier molecular flexibility index (Phi) is 1.40. The third-order valence-electron chi connectivity index (χ3n) is 2.17. The highest BCUT2D eigenvalue weighted by Gasteiger charge is 2.15. The Morgan fingerprint density at radius 2 is 1.83 bits per heavy atom. The van der Waals surface area contributed by atoms with Crippen LogP contribution >= 0.6 is 0 Å². The largest absolute Gasteiger partial charge is 0.289 e. The van der Waals surface area contributed by atoms with Gasteiger partial charge in [-0.15, -0.1) is 0 Å². The fourth-order valence-electron chi connectivity index (χ4n) is 1.72. The van der Waals surface area contributed by atoms with Gasteiger partial charge in [0.25, 0.3) is 0 Å². The van der Waals surface area contributed by atoms with E-state index in [1.807, 2.05) is 32.1 Å². The van der Waals surface area contributed by atoms with Gasteiger partial charge in [0.2, 0.25) is 0 Å². The van der Waals surface area contributed by atoms with Crippen LogP contribution in [0, 0.1) is 13.8 Å². The smallest absolute Gasteiger partial charge is 0.186 e. The molecule has 0 saturated carbocycles. The van der Waals surface area contributed by atoms with E-state index >= 15 is 0 Å². The van der Waals surface area contributed by atoms with E-state index in [0.29, 0.717) is 0 Å². The second-order valence-electron chi connectivity index (χ2n) is 3.24. The van der Waals surface area contributed by atoms with Crippen LogP contribution in [-0.4, -0.2) is 5.78 Å². The zero-order valence-electron chi connectivity index (χ0n) is 7.22. The molecule has 1 aliphatic carbocycles. The summed E-state index contributed by atoms with van der Waals surface area (Å²) >= 11 is 0. The van der Waals surface area contributed by atoms with Gasteiger partial charge in [-0.1, -0.05) is 23.8 Å². The molecule has 1 heteroatoms. The standard InChI is InChI=1S/C11H10O/c1-7-5-8(2)11-9(6-7)3-4-10(11)12/h3-6H,1-2H3. The summed E-state index contributed by atoms with van der Waals surface area (Å²) in [6.07, 6.45) is 3.52. The summed E-state index contributed by atoms with van der Waals surface area (Å²) < 4.78 is 0. The van der Waals surface area contributed by atoms with E-state index in [9.17, 15) is 4.79 Å². The average Bonchev–Trinajstić information content (AvgIpc) is 2.31. The van der Waals surface area contributed by atoms with Gasteiger partial charge in [0.05, 0.1) is 0 Å². The number of fused-ring (bicyclic) bond motifs is 1. The van der Waals surface area contributed by atoms with Crippen LogP contribution in [0.1, 0.15) is 27.0 Å². The normalized spacial score (nSPS) is 13.7. The molecule has 0 atom stereocenters. The minimum atomic E-state index is 0.141. The number of hydrogen-bond acceptors (Lipinski definition) is 1. The van der Waals surface area contributed by atoms with Crippen LogP contribution in [0.2, 0.25) is 0 Å². The van der Waals surface area contributed by atoms with Crippen molar-refractivity contribution in [2.24, 2.45) is 0 Å². The van der Waals surface area contributed by atoms with Crippen molar-refractivity contribution in [3.05, 3.63) is 40.5 Å². The Balaban J connectivity index is 2.74. The van der Waals surface area contributed by atoms with Crippen molar-refractivity contribution in [2.45, 2.75) is 13.8 Å². The molecule has 12 heavy (non-hydrogen) atoms. The number of carbonyl (C=O) groups is 1. The van der Waals surface area contributed by atoms with Gasteiger partial charge in [0.15, 0.2) is 5.78 Å². The molecule has 0 fully saturated rings. The van der Waals surface area contributed by atoms with Gasteiger partial charge in [-0.3, -0.25) is 4.79 Å². The molecule has 0 heterocycles. The topological polar surface area (TPSA) is 17.1 Å². The second kappa shape index (κ2) is 2.31. The fourth-order valence-corrected chi connectivity index (χ4v) is 1.72. The van der Waals surface area contributed by atoms with E-state index in [0.717, 1.165) is 16.7 Å². The SMILES string of the molecule is Cc1cc(C)c2c(c1)C=CC2=O. The third kappa shape index (κ3) is 0.900. The van der Waals surface area contributed by atoms with Crippen LogP contribution in [0.3, 0.4) is 0 Å². The minimum Gasteiger partial charge on any atom is -0.289 e. The van der Waals surface area contributed by atoms with Crippen molar-refractivity contribution in [1.82, 2.24) is 0 Å². The quantitative estimate of drug-likeness (QED) is 0.567. The van der Waals surface area contributed by atoms with Crippen molar-refractivity contribution in [3.8, 4) is 0 Å². The summed E-state index contributed by atoms with van der Waals surface area (Å²) in [6.45, 7) is 4.03. The molecule has 1 aromatic rings. The van der Waals surface area contributed by atoms with Gasteiger partial charge in [-0.2, -0.15) is 0 Å². The number of carbonyl (C=O) groups excluding carboxylic acids is 1.